The largest absolute Gasteiger partial charge is 0.508 e. The Morgan fingerprint density at radius 1 is 0.830 bits per heavy atom. The van der Waals surface area contributed by atoms with Gasteiger partial charge in [0.15, 0.2) is 0 Å². The van der Waals surface area contributed by atoms with Crippen molar-refractivity contribution in [3.05, 3.63) is 65.7 Å². The van der Waals surface area contributed by atoms with Gasteiger partial charge in [-0.3, -0.25) is 28.8 Å². The smallest absolute Gasteiger partial charge is 0.245 e. The van der Waals surface area contributed by atoms with Crippen LogP contribution in [0.2, 0.25) is 0 Å². The summed E-state index contributed by atoms with van der Waals surface area (Å²) in [5.74, 6) is -3.87. The molecule has 2 aromatic carbocycles. The van der Waals surface area contributed by atoms with Crippen molar-refractivity contribution >= 4 is 35.4 Å². The third-order valence-electron chi connectivity index (χ3n) is 7.97. The van der Waals surface area contributed by atoms with Gasteiger partial charge in [-0.15, -0.1) is 0 Å². The molecule has 1 saturated heterocycles. The van der Waals surface area contributed by atoms with Crippen molar-refractivity contribution in [2.24, 2.45) is 17.4 Å². The molecule has 5 unspecified atom stereocenters. The fourth-order valence-electron chi connectivity index (χ4n) is 5.41. The molecule has 0 aromatic heterocycles. The van der Waals surface area contributed by atoms with Gasteiger partial charge in [0.1, 0.15) is 36.0 Å². The van der Waals surface area contributed by atoms with Crippen molar-refractivity contribution in [2.75, 3.05) is 13.1 Å². The molecule has 5 atom stereocenters. The maximum absolute atomic E-state index is 13.9. The SMILES string of the molecule is CC(NC(=O)CN)C(=O)N1CCCC1C(=O)NC(Cc1ccc(O)cc1)C(=O)NC(Cc1ccccc1)C(=O)NC(C(N)=O)C(C)C. The first kappa shape index (κ1) is 36.5. The van der Waals surface area contributed by atoms with Gasteiger partial charge in [-0.1, -0.05) is 56.3 Å². The summed E-state index contributed by atoms with van der Waals surface area (Å²) in [5, 5.41) is 20.4. The van der Waals surface area contributed by atoms with Crippen molar-refractivity contribution in [3.8, 4) is 5.75 Å². The van der Waals surface area contributed by atoms with Crippen LogP contribution in [0.3, 0.4) is 0 Å². The minimum absolute atomic E-state index is 0.00292. The molecular formula is C33H45N7O7. The summed E-state index contributed by atoms with van der Waals surface area (Å²) in [6.07, 6.45) is 0.952. The van der Waals surface area contributed by atoms with Gasteiger partial charge in [-0.25, -0.2) is 0 Å². The molecule has 3 rings (SSSR count). The monoisotopic (exact) mass is 651 g/mol. The van der Waals surface area contributed by atoms with Crippen LogP contribution in [0.5, 0.6) is 5.75 Å². The molecule has 0 spiro atoms. The van der Waals surface area contributed by atoms with E-state index in [9.17, 15) is 33.9 Å². The number of carbonyl (C=O) groups is 6. The van der Waals surface area contributed by atoms with Gasteiger partial charge in [-0.05, 0) is 48.9 Å². The lowest BCUT2D eigenvalue weighted by atomic mass is 10.00. The van der Waals surface area contributed by atoms with Gasteiger partial charge in [-0.2, -0.15) is 0 Å². The van der Waals surface area contributed by atoms with Crippen LogP contribution in [0.15, 0.2) is 54.6 Å². The lowest BCUT2D eigenvalue weighted by molar-refractivity contribution is -0.141. The molecule has 0 saturated carbocycles. The van der Waals surface area contributed by atoms with Crippen molar-refractivity contribution in [3.63, 3.8) is 0 Å². The molecule has 1 heterocycles. The van der Waals surface area contributed by atoms with Gasteiger partial charge >= 0.3 is 0 Å². The molecule has 1 aliphatic heterocycles. The van der Waals surface area contributed by atoms with E-state index in [4.69, 9.17) is 11.5 Å². The maximum atomic E-state index is 13.9. The summed E-state index contributed by atoms with van der Waals surface area (Å²) in [6, 6.07) is 9.94. The van der Waals surface area contributed by atoms with E-state index >= 15 is 0 Å². The van der Waals surface area contributed by atoms with Crippen LogP contribution in [-0.4, -0.2) is 88.7 Å². The molecule has 9 N–H and O–H groups in total. The zero-order valence-electron chi connectivity index (χ0n) is 26.9. The van der Waals surface area contributed by atoms with Gasteiger partial charge in [0.2, 0.25) is 35.4 Å². The van der Waals surface area contributed by atoms with Crippen LogP contribution in [-0.2, 0) is 41.6 Å². The Morgan fingerprint density at radius 3 is 1.98 bits per heavy atom. The first-order valence-electron chi connectivity index (χ1n) is 15.6. The fourth-order valence-corrected chi connectivity index (χ4v) is 5.41. The normalized spacial score (nSPS) is 16.8. The Labute approximate surface area is 274 Å². The highest BCUT2D eigenvalue weighted by Crippen LogP contribution is 2.20. The minimum atomic E-state index is -1.19. The highest BCUT2D eigenvalue weighted by atomic mass is 16.3. The first-order valence-corrected chi connectivity index (χ1v) is 15.6. The Hall–Kier alpha value is -4.98. The van der Waals surface area contributed by atoms with Crippen LogP contribution >= 0.6 is 0 Å². The number of phenolic OH excluding ortho intramolecular Hbond substituents is 1. The molecular weight excluding hydrogens is 606 g/mol. The van der Waals surface area contributed by atoms with Crippen LogP contribution in [0, 0.1) is 5.92 Å². The highest BCUT2D eigenvalue weighted by molar-refractivity contribution is 5.96. The van der Waals surface area contributed by atoms with Crippen molar-refractivity contribution in [2.45, 2.75) is 76.7 Å². The standard InChI is InChI=1S/C33H45N7O7/c1-19(2)28(29(35)43)39-31(45)25(16-21-8-5-4-6-9-21)37-30(44)24(17-22-11-13-23(41)14-12-22)38-32(46)26-10-7-15-40(26)33(47)20(3)36-27(42)18-34/h4-6,8-9,11-14,19-20,24-26,28,41H,7,10,15-18,34H2,1-3H3,(H2,35,43)(H,36,42)(H,37,44)(H,38,46)(H,39,45). The third kappa shape index (κ3) is 10.5. The number of hydrogen-bond donors (Lipinski definition) is 7. The summed E-state index contributed by atoms with van der Waals surface area (Å²) < 4.78 is 0. The number of benzene rings is 2. The first-order chi connectivity index (χ1) is 22.3. The van der Waals surface area contributed by atoms with E-state index in [1.807, 2.05) is 6.07 Å². The Kier molecular flexibility index (Phi) is 13.3. The molecule has 0 aliphatic carbocycles. The number of hydrogen-bond acceptors (Lipinski definition) is 8. The molecule has 47 heavy (non-hydrogen) atoms. The van der Waals surface area contributed by atoms with Gasteiger partial charge < -0.3 is 42.7 Å². The Morgan fingerprint density at radius 2 is 1.40 bits per heavy atom. The lowest BCUT2D eigenvalue weighted by Crippen LogP contribution is -2.59. The fraction of sp³-hybridized carbons (Fsp3) is 0.455. The van der Waals surface area contributed by atoms with E-state index in [-0.39, 0.29) is 37.6 Å². The average Bonchev–Trinajstić information content (AvgIpc) is 3.53. The molecule has 14 nitrogen and oxygen atoms in total. The van der Waals surface area contributed by atoms with Gasteiger partial charge in [0, 0.05) is 19.4 Å². The topological polar surface area (TPSA) is 226 Å². The van der Waals surface area contributed by atoms with Crippen molar-refractivity contribution < 1.29 is 33.9 Å². The number of primary amides is 1. The summed E-state index contributed by atoms with van der Waals surface area (Å²) in [4.78, 5) is 79.4. The number of carbonyl (C=O) groups excluding carboxylic acids is 6. The molecule has 0 bridgehead atoms. The number of rotatable bonds is 15. The molecule has 0 radical (unpaired) electrons. The predicted molar refractivity (Wildman–Crippen MR) is 173 cm³/mol. The Balaban J connectivity index is 1.86. The predicted octanol–water partition coefficient (Wildman–Crippen LogP) is -0.772. The second kappa shape index (κ2) is 17.1. The summed E-state index contributed by atoms with van der Waals surface area (Å²) >= 11 is 0. The molecule has 2 aromatic rings. The van der Waals surface area contributed by atoms with Crippen LogP contribution in [0.1, 0.15) is 44.7 Å². The quantitative estimate of drug-likeness (QED) is 0.129. The number of nitrogens with two attached hydrogens (primary N) is 2. The highest BCUT2D eigenvalue weighted by Gasteiger charge is 2.38. The van der Waals surface area contributed by atoms with Crippen LogP contribution in [0.25, 0.3) is 0 Å². The van der Waals surface area contributed by atoms with Gasteiger partial charge in [0.05, 0.1) is 6.54 Å². The molecule has 6 amide bonds. The second-order valence-corrected chi connectivity index (χ2v) is 12.0. The minimum Gasteiger partial charge on any atom is -0.508 e. The third-order valence-corrected chi connectivity index (χ3v) is 7.97. The Bertz CT molecular complexity index is 1420. The number of nitrogens with zero attached hydrogens (tertiary/aromatic N) is 1. The van der Waals surface area contributed by atoms with E-state index in [2.05, 4.69) is 21.3 Å². The molecule has 14 heteroatoms. The molecule has 1 fully saturated rings. The zero-order valence-corrected chi connectivity index (χ0v) is 26.9. The second-order valence-electron chi connectivity index (χ2n) is 12.0. The van der Waals surface area contributed by atoms with E-state index in [0.717, 1.165) is 5.56 Å². The zero-order chi connectivity index (χ0) is 34.7. The van der Waals surface area contributed by atoms with Crippen LogP contribution in [0.4, 0.5) is 0 Å². The molecule has 1 aliphatic rings. The van der Waals surface area contributed by atoms with Gasteiger partial charge in [0.25, 0.3) is 0 Å². The van der Waals surface area contributed by atoms with E-state index < -0.39 is 65.7 Å². The number of likely N-dealkylation sites (tertiary alicyclic amines) is 1. The molecule has 254 valence electrons. The summed E-state index contributed by atoms with van der Waals surface area (Å²) in [6.45, 7) is 4.95. The maximum Gasteiger partial charge on any atom is 0.245 e. The van der Waals surface area contributed by atoms with E-state index in [1.165, 1.54) is 24.0 Å². The van der Waals surface area contributed by atoms with E-state index in [0.29, 0.717) is 18.4 Å². The summed E-state index contributed by atoms with van der Waals surface area (Å²) in [5.41, 5.74) is 12.2. The number of aromatic hydroxyl groups is 1. The number of phenols is 1. The number of nitrogens with one attached hydrogen (secondary N) is 4. The summed E-state index contributed by atoms with van der Waals surface area (Å²) in [7, 11) is 0. The lowest BCUT2D eigenvalue weighted by Gasteiger charge is -2.29. The number of amides is 6. The van der Waals surface area contributed by atoms with Crippen molar-refractivity contribution in [1.29, 1.82) is 0 Å². The average molecular weight is 652 g/mol. The van der Waals surface area contributed by atoms with E-state index in [1.54, 1.807) is 50.2 Å². The van der Waals surface area contributed by atoms with Crippen molar-refractivity contribution in [1.82, 2.24) is 26.2 Å². The van der Waals surface area contributed by atoms with Crippen LogP contribution < -0.4 is 32.7 Å².